The van der Waals surface area contributed by atoms with Gasteiger partial charge in [-0.05, 0) is 30.0 Å². The second-order valence-corrected chi connectivity index (χ2v) is 4.33. The molecule has 96 valence electrons. The van der Waals surface area contributed by atoms with Gasteiger partial charge in [0.05, 0.1) is 10.5 Å². The van der Waals surface area contributed by atoms with Crippen LogP contribution in [-0.2, 0) is 0 Å². The van der Waals surface area contributed by atoms with E-state index in [4.69, 9.17) is 5.11 Å². The van der Waals surface area contributed by atoms with Gasteiger partial charge in [0.2, 0.25) is 0 Å². The number of hydrogen-bond acceptors (Lipinski definition) is 6. The molecule has 8 heteroatoms. The standard InChI is InChI=1S/C11H7N3O4S/c15-11(16)7-3-1-5-12-9(7)19-10-8(14(17)18)4-2-6-13-10/h1-6H,(H,15,16). The van der Waals surface area contributed by atoms with Crippen LogP contribution >= 0.6 is 11.8 Å². The smallest absolute Gasteiger partial charge is 0.338 e. The van der Waals surface area contributed by atoms with Gasteiger partial charge in [-0.1, -0.05) is 0 Å². The van der Waals surface area contributed by atoms with Gasteiger partial charge in [-0.2, -0.15) is 0 Å². The third kappa shape index (κ3) is 2.86. The Labute approximate surface area is 111 Å². The van der Waals surface area contributed by atoms with E-state index in [0.29, 0.717) is 0 Å². The third-order valence-corrected chi connectivity index (χ3v) is 3.17. The Morgan fingerprint density at radius 1 is 1.21 bits per heavy atom. The highest BCUT2D eigenvalue weighted by atomic mass is 32.2. The number of nitrogens with zero attached hydrogens (tertiary/aromatic N) is 3. The molecule has 1 N–H and O–H groups in total. The van der Waals surface area contributed by atoms with Gasteiger partial charge in [0.25, 0.3) is 0 Å². The molecule has 0 amide bonds. The summed E-state index contributed by atoms with van der Waals surface area (Å²) in [5, 5.41) is 20.1. The molecule has 0 aliphatic carbocycles. The van der Waals surface area contributed by atoms with Gasteiger partial charge in [0, 0.05) is 18.5 Å². The van der Waals surface area contributed by atoms with Crippen molar-refractivity contribution in [1.82, 2.24) is 9.97 Å². The molecule has 0 atom stereocenters. The summed E-state index contributed by atoms with van der Waals surface area (Å²) in [4.78, 5) is 29.1. The topological polar surface area (TPSA) is 106 Å². The fraction of sp³-hybridized carbons (Fsp3) is 0. The van der Waals surface area contributed by atoms with Crippen molar-refractivity contribution in [2.45, 2.75) is 10.1 Å². The molecule has 0 aliphatic heterocycles. The van der Waals surface area contributed by atoms with Crippen LogP contribution < -0.4 is 0 Å². The van der Waals surface area contributed by atoms with Crippen molar-refractivity contribution in [3.63, 3.8) is 0 Å². The second-order valence-electron chi connectivity index (χ2n) is 3.35. The zero-order chi connectivity index (χ0) is 13.8. The van der Waals surface area contributed by atoms with E-state index in [2.05, 4.69) is 9.97 Å². The molecule has 2 rings (SSSR count). The number of nitro groups is 1. The van der Waals surface area contributed by atoms with Crippen molar-refractivity contribution in [1.29, 1.82) is 0 Å². The molecule has 0 radical (unpaired) electrons. The predicted molar refractivity (Wildman–Crippen MR) is 66.2 cm³/mol. The fourth-order valence-electron chi connectivity index (χ4n) is 1.33. The molecular weight excluding hydrogens is 270 g/mol. The monoisotopic (exact) mass is 277 g/mol. The quantitative estimate of drug-likeness (QED) is 0.674. The third-order valence-electron chi connectivity index (χ3n) is 2.14. The van der Waals surface area contributed by atoms with Crippen LogP contribution in [-0.4, -0.2) is 26.0 Å². The van der Waals surface area contributed by atoms with Crippen molar-refractivity contribution in [2.24, 2.45) is 0 Å². The van der Waals surface area contributed by atoms with Crippen molar-refractivity contribution in [3.8, 4) is 0 Å². The van der Waals surface area contributed by atoms with Crippen molar-refractivity contribution in [3.05, 3.63) is 52.3 Å². The highest BCUT2D eigenvalue weighted by molar-refractivity contribution is 7.99. The zero-order valence-corrected chi connectivity index (χ0v) is 10.2. The lowest BCUT2D eigenvalue weighted by Gasteiger charge is -2.03. The maximum atomic E-state index is 11.0. The molecule has 0 aromatic carbocycles. The Bertz CT molecular complexity index is 592. The molecule has 0 fully saturated rings. The highest BCUT2D eigenvalue weighted by Crippen LogP contribution is 2.33. The molecule has 2 aromatic rings. The summed E-state index contributed by atoms with van der Waals surface area (Å²) >= 11 is 0.853. The summed E-state index contributed by atoms with van der Waals surface area (Å²) in [6.45, 7) is 0. The minimum atomic E-state index is -1.14. The Balaban J connectivity index is 2.42. The van der Waals surface area contributed by atoms with Crippen LogP contribution in [0.3, 0.4) is 0 Å². The number of carboxylic acids is 1. The van der Waals surface area contributed by atoms with Gasteiger partial charge < -0.3 is 5.11 Å². The molecule has 2 aromatic heterocycles. The first-order valence-electron chi connectivity index (χ1n) is 5.05. The van der Waals surface area contributed by atoms with Gasteiger partial charge in [0.1, 0.15) is 5.03 Å². The van der Waals surface area contributed by atoms with Gasteiger partial charge in [0.15, 0.2) is 5.03 Å². The zero-order valence-electron chi connectivity index (χ0n) is 9.39. The first-order chi connectivity index (χ1) is 9.09. The van der Waals surface area contributed by atoms with E-state index in [9.17, 15) is 14.9 Å². The number of aromatic nitrogens is 2. The fourth-order valence-corrected chi connectivity index (χ4v) is 2.25. The Kier molecular flexibility index (Phi) is 3.71. The maximum absolute atomic E-state index is 11.0. The average Bonchev–Trinajstić information content (AvgIpc) is 2.39. The maximum Gasteiger partial charge on any atom is 0.338 e. The van der Waals surface area contributed by atoms with Crippen LogP contribution in [0, 0.1) is 10.1 Å². The minimum absolute atomic E-state index is 0.0209. The lowest BCUT2D eigenvalue weighted by atomic mass is 10.3. The first kappa shape index (κ1) is 13.0. The van der Waals surface area contributed by atoms with Gasteiger partial charge in [-0.25, -0.2) is 14.8 Å². The Morgan fingerprint density at radius 3 is 2.47 bits per heavy atom. The number of carboxylic acid groups (broad SMARTS) is 1. The lowest BCUT2D eigenvalue weighted by molar-refractivity contribution is -0.388. The second kappa shape index (κ2) is 5.44. The van der Waals surface area contributed by atoms with Crippen molar-refractivity contribution >= 4 is 23.4 Å². The van der Waals surface area contributed by atoms with Crippen LogP contribution in [0.1, 0.15) is 10.4 Å². The summed E-state index contributed by atoms with van der Waals surface area (Å²) in [5.74, 6) is -1.14. The van der Waals surface area contributed by atoms with E-state index in [1.165, 1.54) is 36.7 Å². The predicted octanol–water partition coefficient (Wildman–Crippen LogP) is 2.23. The molecule has 2 heterocycles. The Hall–Kier alpha value is -2.48. The van der Waals surface area contributed by atoms with Crippen LogP contribution in [0.5, 0.6) is 0 Å². The van der Waals surface area contributed by atoms with Crippen molar-refractivity contribution < 1.29 is 14.8 Å². The molecule has 0 unspecified atom stereocenters. The largest absolute Gasteiger partial charge is 0.478 e. The molecule has 0 spiro atoms. The summed E-state index contributed by atoms with van der Waals surface area (Å²) in [5.41, 5.74) is -0.207. The molecule has 0 saturated carbocycles. The normalized spacial score (nSPS) is 10.1. The van der Waals surface area contributed by atoms with Gasteiger partial charge in [-0.15, -0.1) is 0 Å². The highest BCUT2D eigenvalue weighted by Gasteiger charge is 2.19. The first-order valence-corrected chi connectivity index (χ1v) is 5.87. The number of aromatic carboxylic acids is 1. The van der Waals surface area contributed by atoms with Crippen LogP contribution in [0.25, 0.3) is 0 Å². The van der Waals surface area contributed by atoms with Crippen LogP contribution in [0.15, 0.2) is 46.7 Å². The molecule has 19 heavy (non-hydrogen) atoms. The van der Waals surface area contributed by atoms with Gasteiger partial charge >= 0.3 is 11.7 Å². The average molecular weight is 277 g/mol. The summed E-state index contributed by atoms with van der Waals surface area (Å²) in [7, 11) is 0. The lowest BCUT2D eigenvalue weighted by Crippen LogP contribution is -2.01. The SMILES string of the molecule is O=C(O)c1cccnc1Sc1ncccc1[N+](=O)[O-]. The van der Waals surface area contributed by atoms with E-state index < -0.39 is 10.9 Å². The number of rotatable bonds is 4. The molecule has 0 bridgehead atoms. The molecular formula is C11H7N3O4S. The van der Waals surface area contributed by atoms with E-state index in [0.717, 1.165) is 11.8 Å². The van der Waals surface area contributed by atoms with Crippen LogP contribution in [0.4, 0.5) is 5.69 Å². The van der Waals surface area contributed by atoms with E-state index in [-0.39, 0.29) is 21.3 Å². The molecule has 0 aliphatic rings. The molecule has 7 nitrogen and oxygen atoms in total. The summed E-state index contributed by atoms with van der Waals surface area (Å²) in [6, 6.07) is 5.62. The van der Waals surface area contributed by atoms with E-state index in [1.807, 2.05) is 0 Å². The number of carbonyl (C=O) groups is 1. The Morgan fingerprint density at radius 2 is 1.84 bits per heavy atom. The summed E-state index contributed by atoms with van der Waals surface area (Å²) < 4.78 is 0. The van der Waals surface area contributed by atoms with Crippen LogP contribution in [0.2, 0.25) is 0 Å². The number of hydrogen-bond donors (Lipinski definition) is 1. The van der Waals surface area contributed by atoms with E-state index >= 15 is 0 Å². The molecule has 0 saturated heterocycles. The van der Waals surface area contributed by atoms with Gasteiger partial charge in [-0.3, -0.25) is 10.1 Å². The van der Waals surface area contributed by atoms with E-state index in [1.54, 1.807) is 0 Å². The minimum Gasteiger partial charge on any atom is -0.478 e. The van der Waals surface area contributed by atoms with Crippen molar-refractivity contribution in [2.75, 3.05) is 0 Å². The summed E-state index contributed by atoms with van der Waals surface area (Å²) in [6.07, 6.45) is 2.82. The number of pyridine rings is 2.